The van der Waals surface area contributed by atoms with Crippen molar-refractivity contribution < 1.29 is 5.11 Å². The van der Waals surface area contributed by atoms with Crippen LogP contribution in [0.25, 0.3) is 0 Å². The van der Waals surface area contributed by atoms with Gasteiger partial charge in [0.05, 0.1) is 12.1 Å². The van der Waals surface area contributed by atoms with Gasteiger partial charge in [0, 0.05) is 6.54 Å². The van der Waals surface area contributed by atoms with Crippen LogP contribution in [0, 0.1) is 5.92 Å². The molecule has 0 heterocycles. The minimum Gasteiger partial charge on any atom is -0.394 e. The van der Waals surface area contributed by atoms with Gasteiger partial charge in [-0.05, 0) is 45.3 Å². The summed E-state index contributed by atoms with van der Waals surface area (Å²) in [6.45, 7) is 7.62. The van der Waals surface area contributed by atoms with Gasteiger partial charge >= 0.3 is 0 Å². The Labute approximate surface area is 93.9 Å². The lowest BCUT2D eigenvalue weighted by Gasteiger charge is -2.37. The maximum Gasteiger partial charge on any atom is 0.0628 e. The number of aliphatic hydroxyl groups is 1. The Balaban J connectivity index is 2.55. The molecule has 15 heavy (non-hydrogen) atoms. The van der Waals surface area contributed by atoms with E-state index in [4.69, 9.17) is 0 Å². The van der Waals surface area contributed by atoms with E-state index in [1.807, 2.05) is 0 Å². The Bertz CT molecular complexity index is 182. The van der Waals surface area contributed by atoms with Gasteiger partial charge in [-0.1, -0.05) is 13.8 Å². The van der Waals surface area contributed by atoms with Gasteiger partial charge in [0.2, 0.25) is 0 Å². The number of nitrogens with zero attached hydrogens (tertiary/aromatic N) is 1. The standard InChI is InChI=1S/C12H26N2O/c1-4-8-13-12(10-15,11-6-7-11)9-14(3)5-2/h11,13,15H,4-10H2,1-3H3. The molecule has 0 radical (unpaired) electrons. The smallest absolute Gasteiger partial charge is 0.0628 e. The highest BCUT2D eigenvalue weighted by Crippen LogP contribution is 2.39. The third-order valence-corrected chi connectivity index (χ3v) is 3.46. The van der Waals surface area contributed by atoms with Crippen molar-refractivity contribution in [1.82, 2.24) is 10.2 Å². The predicted octanol–water partition coefficient (Wildman–Crippen LogP) is 1.08. The fourth-order valence-electron chi connectivity index (χ4n) is 2.17. The van der Waals surface area contributed by atoms with E-state index in [1.165, 1.54) is 12.8 Å². The fourth-order valence-corrected chi connectivity index (χ4v) is 2.17. The van der Waals surface area contributed by atoms with Crippen LogP contribution in [-0.4, -0.2) is 48.8 Å². The molecule has 0 spiro atoms. The molecule has 1 rings (SSSR count). The first kappa shape index (κ1) is 12.9. The first-order valence-electron chi connectivity index (χ1n) is 6.23. The first-order valence-corrected chi connectivity index (χ1v) is 6.23. The second-order valence-corrected chi connectivity index (χ2v) is 4.85. The monoisotopic (exact) mass is 214 g/mol. The number of hydrogen-bond donors (Lipinski definition) is 2. The average Bonchev–Trinajstić information content (AvgIpc) is 3.08. The largest absolute Gasteiger partial charge is 0.394 e. The molecule has 2 N–H and O–H groups in total. The van der Waals surface area contributed by atoms with Gasteiger partial charge in [-0.2, -0.15) is 0 Å². The topological polar surface area (TPSA) is 35.5 Å². The Morgan fingerprint density at radius 1 is 1.40 bits per heavy atom. The second kappa shape index (κ2) is 5.83. The van der Waals surface area contributed by atoms with E-state index in [0.29, 0.717) is 5.92 Å². The molecule has 1 saturated carbocycles. The number of hydrogen-bond acceptors (Lipinski definition) is 3. The van der Waals surface area contributed by atoms with E-state index in [9.17, 15) is 5.11 Å². The summed E-state index contributed by atoms with van der Waals surface area (Å²) in [5, 5.41) is 13.2. The Hall–Kier alpha value is -0.120. The maximum absolute atomic E-state index is 9.67. The molecule has 0 bridgehead atoms. The zero-order chi connectivity index (χ0) is 11.3. The highest BCUT2D eigenvalue weighted by Gasteiger charge is 2.44. The van der Waals surface area contributed by atoms with Crippen molar-refractivity contribution in [2.45, 2.75) is 38.6 Å². The number of likely N-dealkylation sites (N-methyl/N-ethyl adjacent to an activating group) is 1. The molecule has 0 aromatic rings. The minimum atomic E-state index is -0.0409. The summed E-state index contributed by atoms with van der Waals surface area (Å²) in [5.41, 5.74) is -0.0409. The molecular formula is C12H26N2O. The molecule has 1 aliphatic carbocycles. The Kier molecular flexibility index (Phi) is 5.03. The molecule has 0 saturated heterocycles. The molecule has 0 amide bonds. The lowest BCUT2D eigenvalue weighted by molar-refractivity contribution is 0.103. The fraction of sp³-hybridized carbons (Fsp3) is 1.00. The zero-order valence-corrected chi connectivity index (χ0v) is 10.4. The third-order valence-electron chi connectivity index (χ3n) is 3.46. The minimum absolute atomic E-state index is 0.0409. The first-order chi connectivity index (χ1) is 7.18. The molecule has 1 unspecified atom stereocenters. The van der Waals surface area contributed by atoms with Gasteiger partial charge in [-0.3, -0.25) is 0 Å². The van der Waals surface area contributed by atoms with Crippen LogP contribution in [-0.2, 0) is 0 Å². The van der Waals surface area contributed by atoms with Crippen molar-refractivity contribution in [3.05, 3.63) is 0 Å². The second-order valence-electron chi connectivity index (χ2n) is 4.85. The molecule has 1 aliphatic rings. The van der Waals surface area contributed by atoms with Crippen LogP contribution in [0.2, 0.25) is 0 Å². The van der Waals surface area contributed by atoms with Gasteiger partial charge in [0.25, 0.3) is 0 Å². The molecular weight excluding hydrogens is 188 g/mol. The van der Waals surface area contributed by atoms with Gasteiger partial charge in [0.15, 0.2) is 0 Å². The lowest BCUT2D eigenvalue weighted by Crippen LogP contribution is -2.57. The van der Waals surface area contributed by atoms with Crippen molar-refractivity contribution in [1.29, 1.82) is 0 Å². The van der Waals surface area contributed by atoms with Crippen LogP contribution >= 0.6 is 0 Å². The van der Waals surface area contributed by atoms with E-state index in [2.05, 4.69) is 31.1 Å². The van der Waals surface area contributed by atoms with E-state index >= 15 is 0 Å². The molecule has 0 aliphatic heterocycles. The zero-order valence-electron chi connectivity index (χ0n) is 10.4. The third kappa shape index (κ3) is 3.44. The highest BCUT2D eigenvalue weighted by atomic mass is 16.3. The SMILES string of the molecule is CCCNC(CO)(CN(C)CC)C1CC1. The lowest BCUT2D eigenvalue weighted by atomic mass is 9.93. The molecule has 0 aromatic heterocycles. The Morgan fingerprint density at radius 2 is 2.07 bits per heavy atom. The van der Waals surface area contributed by atoms with E-state index in [0.717, 1.165) is 26.1 Å². The molecule has 3 nitrogen and oxygen atoms in total. The number of aliphatic hydroxyl groups excluding tert-OH is 1. The predicted molar refractivity (Wildman–Crippen MR) is 64.0 cm³/mol. The van der Waals surface area contributed by atoms with Gasteiger partial charge in [0.1, 0.15) is 0 Å². The highest BCUT2D eigenvalue weighted by molar-refractivity contribution is 5.02. The summed E-state index contributed by atoms with van der Waals surface area (Å²) < 4.78 is 0. The maximum atomic E-state index is 9.67. The normalized spacial score (nSPS) is 20.6. The summed E-state index contributed by atoms with van der Waals surface area (Å²) in [4.78, 5) is 2.29. The van der Waals surface area contributed by atoms with E-state index in [-0.39, 0.29) is 12.1 Å². The molecule has 0 aromatic carbocycles. The summed E-state index contributed by atoms with van der Waals surface area (Å²) in [5.74, 6) is 0.683. The van der Waals surface area contributed by atoms with Crippen LogP contribution < -0.4 is 5.32 Å². The molecule has 1 atom stereocenters. The van der Waals surface area contributed by atoms with Crippen LogP contribution in [0.3, 0.4) is 0 Å². The van der Waals surface area contributed by atoms with Gasteiger partial charge < -0.3 is 15.3 Å². The number of rotatable bonds is 8. The van der Waals surface area contributed by atoms with Crippen molar-refractivity contribution in [3.8, 4) is 0 Å². The number of nitrogens with one attached hydrogen (secondary N) is 1. The van der Waals surface area contributed by atoms with Crippen molar-refractivity contribution in [2.75, 3.05) is 33.3 Å². The van der Waals surface area contributed by atoms with Crippen molar-refractivity contribution >= 4 is 0 Å². The summed E-state index contributed by atoms with van der Waals surface area (Å²) in [6, 6.07) is 0. The van der Waals surface area contributed by atoms with E-state index < -0.39 is 0 Å². The summed E-state index contributed by atoms with van der Waals surface area (Å²) in [7, 11) is 2.13. The van der Waals surface area contributed by atoms with Crippen molar-refractivity contribution in [2.24, 2.45) is 5.92 Å². The summed E-state index contributed by atoms with van der Waals surface area (Å²) in [6.07, 6.45) is 3.67. The van der Waals surface area contributed by atoms with Crippen molar-refractivity contribution in [3.63, 3.8) is 0 Å². The molecule has 90 valence electrons. The van der Waals surface area contributed by atoms with Crippen LogP contribution in [0.4, 0.5) is 0 Å². The molecule has 3 heteroatoms. The summed E-state index contributed by atoms with van der Waals surface area (Å²) >= 11 is 0. The Morgan fingerprint density at radius 3 is 2.47 bits per heavy atom. The quantitative estimate of drug-likeness (QED) is 0.634. The van der Waals surface area contributed by atoms with Crippen LogP contribution in [0.15, 0.2) is 0 Å². The van der Waals surface area contributed by atoms with E-state index in [1.54, 1.807) is 0 Å². The average molecular weight is 214 g/mol. The van der Waals surface area contributed by atoms with Gasteiger partial charge in [-0.15, -0.1) is 0 Å². The molecule has 1 fully saturated rings. The van der Waals surface area contributed by atoms with Gasteiger partial charge in [-0.25, -0.2) is 0 Å². The van der Waals surface area contributed by atoms with Crippen LogP contribution in [0.5, 0.6) is 0 Å². The van der Waals surface area contributed by atoms with Crippen LogP contribution in [0.1, 0.15) is 33.1 Å².